The Balaban J connectivity index is 2.25. The third kappa shape index (κ3) is 4.12. The van der Waals surface area contributed by atoms with Crippen LogP contribution in [0.25, 0.3) is 0 Å². The highest BCUT2D eigenvalue weighted by molar-refractivity contribution is 5.69. The average Bonchev–Trinajstić information content (AvgIpc) is 2.31. The van der Waals surface area contributed by atoms with Crippen LogP contribution in [0, 0.1) is 0 Å². The van der Waals surface area contributed by atoms with Crippen LogP contribution in [-0.4, -0.2) is 24.7 Å². The van der Waals surface area contributed by atoms with Gasteiger partial charge in [0.1, 0.15) is 0 Å². The average molecular weight is 227 g/mol. The molecule has 1 fully saturated rings. The normalized spacial score (nSPS) is 19.4. The quantitative estimate of drug-likeness (QED) is 0.709. The van der Waals surface area contributed by atoms with E-state index in [1.807, 2.05) is 6.92 Å². The molecule has 0 bridgehead atoms. The highest BCUT2D eigenvalue weighted by atomic mass is 16.5. The maximum atomic E-state index is 11.2. The maximum absolute atomic E-state index is 11.2. The largest absolute Gasteiger partial charge is 0.466 e. The van der Waals surface area contributed by atoms with E-state index in [1.54, 1.807) is 0 Å². The predicted octanol–water partition coefficient (Wildman–Crippen LogP) is 2.64. The van der Waals surface area contributed by atoms with E-state index in [0.29, 0.717) is 18.6 Å². The van der Waals surface area contributed by atoms with Crippen LogP contribution in [0.15, 0.2) is 0 Å². The van der Waals surface area contributed by atoms with Gasteiger partial charge in [0.25, 0.3) is 0 Å². The lowest BCUT2D eigenvalue weighted by Crippen LogP contribution is -2.47. The molecule has 0 radical (unpaired) electrons. The molecule has 1 aliphatic rings. The summed E-state index contributed by atoms with van der Waals surface area (Å²) in [6.07, 6.45) is 8.17. The predicted molar refractivity (Wildman–Crippen MR) is 65.4 cm³/mol. The van der Waals surface area contributed by atoms with Crippen LogP contribution in [0.4, 0.5) is 0 Å². The highest BCUT2D eigenvalue weighted by Crippen LogP contribution is 2.30. The van der Waals surface area contributed by atoms with Crippen molar-refractivity contribution in [1.29, 1.82) is 0 Å². The van der Waals surface area contributed by atoms with Crippen molar-refractivity contribution < 1.29 is 9.53 Å². The Bertz CT molecular complexity index is 210. The summed E-state index contributed by atoms with van der Waals surface area (Å²) in [4.78, 5) is 11.2. The summed E-state index contributed by atoms with van der Waals surface area (Å²) < 4.78 is 4.92. The van der Waals surface area contributed by atoms with E-state index in [4.69, 9.17) is 4.74 Å². The van der Waals surface area contributed by atoms with Gasteiger partial charge in [0.2, 0.25) is 0 Å². The smallest absolute Gasteiger partial charge is 0.307 e. The zero-order valence-electron chi connectivity index (χ0n) is 10.7. The van der Waals surface area contributed by atoms with E-state index in [9.17, 15) is 4.79 Å². The van der Waals surface area contributed by atoms with Crippen molar-refractivity contribution in [2.75, 3.05) is 13.2 Å². The number of hydrogen-bond donors (Lipinski definition) is 1. The van der Waals surface area contributed by atoms with Crippen LogP contribution in [0.5, 0.6) is 0 Å². The minimum Gasteiger partial charge on any atom is -0.466 e. The standard InChI is InChI=1S/C13H25NO2/c1-3-13(9-6-5-7-10-13)14-11-8-12(15)16-4-2/h14H,3-11H2,1-2H3. The minimum atomic E-state index is -0.0861. The molecule has 0 heterocycles. The summed E-state index contributed by atoms with van der Waals surface area (Å²) in [5, 5.41) is 3.57. The van der Waals surface area contributed by atoms with Crippen LogP contribution in [0.2, 0.25) is 0 Å². The zero-order chi connectivity index (χ0) is 11.9. The van der Waals surface area contributed by atoms with E-state index in [0.717, 1.165) is 13.0 Å². The summed E-state index contributed by atoms with van der Waals surface area (Å²) in [7, 11) is 0. The Kier molecular flexibility index (Phi) is 5.81. The van der Waals surface area contributed by atoms with Crippen molar-refractivity contribution in [2.24, 2.45) is 0 Å². The second kappa shape index (κ2) is 6.89. The molecular weight excluding hydrogens is 202 g/mol. The first-order valence-corrected chi connectivity index (χ1v) is 6.63. The molecule has 0 aromatic rings. The molecule has 16 heavy (non-hydrogen) atoms. The molecular formula is C13H25NO2. The monoisotopic (exact) mass is 227 g/mol. The molecule has 94 valence electrons. The Morgan fingerprint density at radius 3 is 2.50 bits per heavy atom. The fraction of sp³-hybridized carbons (Fsp3) is 0.923. The molecule has 1 saturated carbocycles. The molecule has 1 aliphatic carbocycles. The third-order valence-corrected chi connectivity index (χ3v) is 3.62. The Hall–Kier alpha value is -0.570. The molecule has 0 saturated heterocycles. The van der Waals surface area contributed by atoms with Gasteiger partial charge in [-0.05, 0) is 26.2 Å². The third-order valence-electron chi connectivity index (χ3n) is 3.62. The van der Waals surface area contributed by atoms with Crippen LogP contribution >= 0.6 is 0 Å². The molecule has 3 heteroatoms. The maximum Gasteiger partial charge on any atom is 0.307 e. The number of carbonyl (C=O) groups excluding carboxylic acids is 1. The number of ether oxygens (including phenoxy) is 1. The summed E-state index contributed by atoms with van der Waals surface area (Å²) >= 11 is 0. The van der Waals surface area contributed by atoms with Gasteiger partial charge >= 0.3 is 5.97 Å². The van der Waals surface area contributed by atoms with Crippen molar-refractivity contribution in [3.63, 3.8) is 0 Å². The number of hydrogen-bond acceptors (Lipinski definition) is 3. The Labute approximate surface area is 98.9 Å². The van der Waals surface area contributed by atoms with E-state index in [1.165, 1.54) is 32.1 Å². The van der Waals surface area contributed by atoms with Crippen molar-refractivity contribution in [3.8, 4) is 0 Å². The summed E-state index contributed by atoms with van der Waals surface area (Å²) in [6, 6.07) is 0. The van der Waals surface area contributed by atoms with Crippen molar-refractivity contribution in [3.05, 3.63) is 0 Å². The molecule has 0 aliphatic heterocycles. The summed E-state index contributed by atoms with van der Waals surface area (Å²) in [5.41, 5.74) is 0.296. The van der Waals surface area contributed by atoms with Crippen LogP contribution < -0.4 is 5.32 Å². The fourth-order valence-electron chi connectivity index (χ4n) is 2.55. The first-order chi connectivity index (χ1) is 7.72. The molecule has 0 unspecified atom stereocenters. The molecule has 1 N–H and O–H groups in total. The van der Waals surface area contributed by atoms with Gasteiger partial charge in [-0.3, -0.25) is 4.79 Å². The first-order valence-electron chi connectivity index (χ1n) is 6.63. The second-order valence-electron chi connectivity index (χ2n) is 4.68. The van der Waals surface area contributed by atoms with Gasteiger partial charge in [-0.1, -0.05) is 26.2 Å². The summed E-state index contributed by atoms with van der Waals surface area (Å²) in [5.74, 6) is -0.0861. The lowest BCUT2D eigenvalue weighted by Gasteiger charge is -2.37. The van der Waals surface area contributed by atoms with Crippen molar-refractivity contribution >= 4 is 5.97 Å². The molecule has 1 rings (SSSR count). The SMILES string of the molecule is CCOC(=O)CCNC1(CC)CCCCC1. The van der Waals surface area contributed by atoms with Crippen LogP contribution in [0.1, 0.15) is 58.8 Å². The van der Waals surface area contributed by atoms with Crippen molar-refractivity contribution in [1.82, 2.24) is 5.32 Å². The topological polar surface area (TPSA) is 38.3 Å². The van der Waals surface area contributed by atoms with E-state index in [-0.39, 0.29) is 5.97 Å². The molecule has 0 spiro atoms. The lowest BCUT2D eigenvalue weighted by molar-refractivity contribution is -0.143. The summed E-state index contributed by atoms with van der Waals surface area (Å²) in [6.45, 7) is 5.33. The van der Waals surface area contributed by atoms with Gasteiger partial charge in [0, 0.05) is 12.1 Å². The van der Waals surface area contributed by atoms with Crippen LogP contribution in [0.3, 0.4) is 0 Å². The van der Waals surface area contributed by atoms with Crippen LogP contribution in [-0.2, 0) is 9.53 Å². The van der Waals surface area contributed by atoms with Gasteiger partial charge < -0.3 is 10.1 Å². The zero-order valence-corrected chi connectivity index (χ0v) is 10.7. The van der Waals surface area contributed by atoms with Gasteiger partial charge in [-0.2, -0.15) is 0 Å². The number of nitrogens with one attached hydrogen (secondary N) is 1. The van der Waals surface area contributed by atoms with Gasteiger partial charge in [0.05, 0.1) is 13.0 Å². The lowest BCUT2D eigenvalue weighted by atomic mass is 9.80. The van der Waals surface area contributed by atoms with E-state index < -0.39 is 0 Å². The molecule has 0 aromatic heterocycles. The van der Waals surface area contributed by atoms with Gasteiger partial charge in [-0.25, -0.2) is 0 Å². The highest BCUT2D eigenvalue weighted by Gasteiger charge is 2.29. The second-order valence-corrected chi connectivity index (χ2v) is 4.68. The number of rotatable bonds is 6. The van der Waals surface area contributed by atoms with E-state index >= 15 is 0 Å². The first kappa shape index (κ1) is 13.5. The Morgan fingerprint density at radius 2 is 1.94 bits per heavy atom. The van der Waals surface area contributed by atoms with E-state index in [2.05, 4.69) is 12.2 Å². The molecule has 0 atom stereocenters. The van der Waals surface area contributed by atoms with Gasteiger partial charge in [0.15, 0.2) is 0 Å². The molecule has 0 amide bonds. The molecule has 3 nitrogen and oxygen atoms in total. The minimum absolute atomic E-state index is 0.0861. The van der Waals surface area contributed by atoms with Crippen molar-refractivity contribution in [2.45, 2.75) is 64.3 Å². The molecule has 0 aromatic carbocycles. The van der Waals surface area contributed by atoms with Gasteiger partial charge in [-0.15, -0.1) is 0 Å². The fourth-order valence-corrected chi connectivity index (χ4v) is 2.55. The number of esters is 1. The number of carbonyl (C=O) groups is 1. The Morgan fingerprint density at radius 1 is 1.25 bits per heavy atom.